The largest absolute Gasteiger partial charge is 0.496 e. The molecule has 2 rings (SSSR count). The molecule has 0 aromatic heterocycles. The molecule has 2 unspecified atom stereocenters. The lowest BCUT2D eigenvalue weighted by atomic mass is 9.89. The van der Waals surface area contributed by atoms with E-state index in [1.165, 1.54) is 18.4 Å². The molecule has 1 aromatic carbocycles. The molecular weight excluding hydrogens is 238 g/mol. The van der Waals surface area contributed by atoms with E-state index in [1.807, 2.05) is 12.1 Å². The molecule has 1 fully saturated rings. The minimum atomic E-state index is 0.474. The SMILES string of the molecule is CCNC(Cc1ccccc1OC)C1CCCOC1. The van der Waals surface area contributed by atoms with Gasteiger partial charge in [0.25, 0.3) is 0 Å². The number of hydrogen-bond acceptors (Lipinski definition) is 3. The zero-order chi connectivity index (χ0) is 13.5. The van der Waals surface area contributed by atoms with Crippen LogP contribution in [0.25, 0.3) is 0 Å². The third-order valence-corrected chi connectivity index (χ3v) is 3.86. The number of likely N-dealkylation sites (N-methyl/N-ethyl adjacent to an activating group) is 1. The maximum absolute atomic E-state index is 5.63. The highest BCUT2D eigenvalue weighted by molar-refractivity contribution is 5.34. The fourth-order valence-corrected chi connectivity index (χ4v) is 2.86. The molecule has 0 spiro atoms. The van der Waals surface area contributed by atoms with Crippen LogP contribution in [-0.4, -0.2) is 32.9 Å². The summed E-state index contributed by atoms with van der Waals surface area (Å²) in [5.74, 6) is 1.60. The molecule has 106 valence electrons. The van der Waals surface area contributed by atoms with Crippen molar-refractivity contribution in [2.24, 2.45) is 5.92 Å². The second-order valence-corrected chi connectivity index (χ2v) is 5.16. The van der Waals surface area contributed by atoms with E-state index in [0.717, 1.165) is 31.9 Å². The van der Waals surface area contributed by atoms with Gasteiger partial charge in [0.05, 0.1) is 13.7 Å². The predicted octanol–water partition coefficient (Wildman–Crippen LogP) is 2.64. The molecule has 2 atom stereocenters. The predicted molar refractivity (Wildman–Crippen MR) is 77.7 cm³/mol. The van der Waals surface area contributed by atoms with Gasteiger partial charge in [-0.3, -0.25) is 0 Å². The molecule has 1 saturated heterocycles. The van der Waals surface area contributed by atoms with Crippen LogP contribution in [0, 0.1) is 5.92 Å². The molecule has 1 heterocycles. The van der Waals surface area contributed by atoms with Crippen LogP contribution in [0.4, 0.5) is 0 Å². The van der Waals surface area contributed by atoms with E-state index in [2.05, 4.69) is 24.4 Å². The molecule has 0 saturated carbocycles. The van der Waals surface area contributed by atoms with E-state index >= 15 is 0 Å². The highest BCUT2D eigenvalue weighted by Crippen LogP contribution is 2.24. The average Bonchev–Trinajstić information content (AvgIpc) is 2.48. The van der Waals surface area contributed by atoms with E-state index in [-0.39, 0.29) is 0 Å². The van der Waals surface area contributed by atoms with Crippen LogP contribution < -0.4 is 10.1 Å². The maximum Gasteiger partial charge on any atom is 0.122 e. The summed E-state index contributed by atoms with van der Waals surface area (Å²) in [7, 11) is 1.74. The standard InChI is InChI=1S/C16H25NO2/c1-3-17-15(14-8-6-10-19-12-14)11-13-7-4-5-9-16(13)18-2/h4-5,7,9,14-15,17H,3,6,8,10-12H2,1-2H3. The molecule has 3 nitrogen and oxygen atoms in total. The van der Waals surface area contributed by atoms with Gasteiger partial charge in [0.2, 0.25) is 0 Å². The fraction of sp³-hybridized carbons (Fsp3) is 0.625. The van der Waals surface area contributed by atoms with Gasteiger partial charge in [-0.05, 0) is 43.4 Å². The Hall–Kier alpha value is -1.06. The zero-order valence-corrected chi connectivity index (χ0v) is 12.0. The van der Waals surface area contributed by atoms with Crippen LogP contribution in [0.5, 0.6) is 5.75 Å². The number of ether oxygens (including phenoxy) is 2. The molecule has 3 heteroatoms. The lowest BCUT2D eigenvalue weighted by Crippen LogP contribution is -2.41. The summed E-state index contributed by atoms with van der Waals surface area (Å²) >= 11 is 0. The summed E-state index contributed by atoms with van der Waals surface area (Å²) in [6.45, 7) is 4.96. The number of methoxy groups -OCH3 is 1. The van der Waals surface area contributed by atoms with Crippen molar-refractivity contribution in [3.8, 4) is 5.75 Å². The highest BCUT2D eigenvalue weighted by atomic mass is 16.5. The van der Waals surface area contributed by atoms with Gasteiger partial charge >= 0.3 is 0 Å². The number of nitrogens with one attached hydrogen (secondary N) is 1. The third kappa shape index (κ3) is 3.95. The van der Waals surface area contributed by atoms with Gasteiger partial charge in [0.1, 0.15) is 5.75 Å². The minimum Gasteiger partial charge on any atom is -0.496 e. The van der Waals surface area contributed by atoms with Gasteiger partial charge in [-0.1, -0.05) is 25.1 Å². The first-order chi connectivity index (χ1) is 9.35. The molecule has 0 amide bonds. The van der Waals surface area contributed by atoms with E-state index in [4.69, 9.17) is 9.47 Å². The van der Waals surface area contributed by atoms with Gasteiger partial charge < -0.3 is 14.8 Å². The first-order valence-corrected chi connectivity index (χ1v) is 7.28. The zero-order valence-electron chi connectivity index (χ0n) is 12.0. The second kappa shape index (κ2) is 7.51. The van der Waals surface area contributed by atoms with Crippen molar-refractivity contribution in [2.75, 3.05) is 26.9 Å². The quantitative estimate of drug-likeness (QED) is 0.856. The molecule has 1 aromatic rings. The Morgan fingerprint density at radius 1 is 1.42 bits per heavy atom. The van der Waals surface area contributed by atoms with E-state index < -0.39 is 0 Å². The van der Waals surface area contributed by atoms with Crippen LogP contribution in [0.2, 0.25) is 0 Å². The monoisotopic (exact) mass is 263 g/mol. The minimum absolute atomic E-state index is 0.474. The number of benzene rings is 1. The van der Waals surface area contributed by atoms with E-state index in [9.17, 15) is 0 Å². The van der Waals surface area contributed by atoms with Crippen LogP contribution in [-0.2, 0) is 11.2 Å². The normalized spacial score (nSPS) is 21.1. The highest BCUT2D eigenvalue weighted by Gasteiger charge is 2.24. The van der Waals surface area contributed by atoms with Gasteiger partial charge in [-0.2, -0.15) is 0 Å². The molecule has 0 aliphatic carbocycles. The fourth-order valence-electron chi connectivity index (χ4n) is 2.86. The van der Waals surface area contributed by atoms with Crippen LogP contribution in [0.1, 0.15) is 25.3 Å². The molecule has 1 aliphatic rings. The van der Waals surface area contributed by atoms with Crippen LogP contribution in [0.3, 0.4) is 0 Å². The van der Waals surface area contributed by atoms with Crippen molar-refractivity contribution in [2.45, 2.75) is 32.2 Å². The maximum atomic E-state index is 5.63. The summed E-state index contributed by atoms with van der Waals surface area (Å²) in [5.41, 5.74) is 1.28. The van der Waals surface area contributed by atoms with Gasteiger partial charge in [0.15, 0.2) is 0 Å². The smallest absolute Gasteiger partial charge is 0.122 e. The molecule has 0 bridgehead atoms. The summed E-state index contributed by atoms with van der Waals surface area (Å²) in [6.07, 6.45) is 3.44. The third-order valence-electron chi connectivity index (χ3n) is 3.86. The molecule has 0 radical (unpaired) electrons. The molecule has 1 N–H and O–H groups in total. The molecule has 19 heavy (non-hydrogen) atoms. The van der Waals surface area contributed by atoms with Gasteiger partial charge in [-0.15, -0.1) is 0 Å². The Morgan fingerprint density at radius 3 is 2.95 bits per heavy atom. The van der Waals surface area contributed by atoms with Crippen LogP contribution in [0.15, 0.2) is 24.3 Å². The Labute approximate surface area is 116 Å². The van der Waals surface area contributed by atoms with Crippen molar-refractivity contribution in [3.63, 3.8) is 0 Å². The van der Waals surface area contributed by atoms with Gasteiger partial charge in [0, 0.05) is 12.6 Å². The Kier molecular flexibility index (Phi) is 5.67. The average molecular weight is 263 g/mol. The van der Waals surface area contributed by atoms with Crippen LogP contribution >= 0.6 is 0 Å². The number of rotatable bonds is 6. The number of para-hydroxylation sites is 1. The second-order valence-electron chi connectivity index (χ2n) is 5.16. The van der Waals surface area contributed by atoms with Crippen molar-refractivity contribution in [3.05, 3.63) is 29.8 Å². The summed E-state index contributed by atoms with van der Waals surface area (Å²) in [5, 5.41) is 3.62. The lowest BCUT2D eigenvalue weighted by molar-refractivity contribution is 0.0395. The van der Waals surface area contributed by atoms with Crippen molar-refractivity contribution in [1.82, 2.24) is 5.32 Å². The molecular formula is C16H25NO2. The van der Waals surface area contributed by atoms with Crippen molar-refractivity contribution >= 4 is 0 Å². The topological polar surface area (TPSA) is 30.5 Å². The first-order valence-electron chi connectivity index (χ1n) is 7.28. The summed E-state index contributed by atoms with van der Waals surface area (Å²) in [6, 6.07) is 8.77. The summed E-state index contributed by atoms with van der Waals surface area (Å²) in [4.78, 5) is 0. The van der Waals surface area contributed by atoms with E-state index in [1.54, 1.807) is 7.11 Å². The van der Waals surface area contributed by atoms with Gasteiger partial charge in [-0.25, -0.2) is 0 Å². The summed E-state index contributed by atoms with van der Waals surface area (Å²) < 4.78 is 11.1. The Bertz CT molecular complexity index is 375. The van der Waals surface area contributed by atoms with Crippen molar-refractivity contribution < 1.29 is 9.47 Å². The Morgan fingerprint density at radius 2 is 2.26 bits per heavy atom. The Balaban J connectivity index is 2.06. The first kappa shape index (κ1) is 14.4. The lowest BCUT2D eigenvalue weighted by Gasteiger charge is -2.31. The number of hydrogen-bond donors (Lipinski definition) is 1. The molecule has 1 aliphatic heterocycles. The van der Waals surface area contributed by atoms with Crippen molar-refractivity contribution in [1.29, 1.82) is 0 Å². The van der Waals surface area contributed by atoms with E-state index in [0.29, 0.717) is 12.0 Å².